The average molecular weight is 431 g/mol. The second kappa shape index (κ2) is 9.26. The van der Waals surface area contributed by atoms with E-state index in [4.69, 9.17) is 16.3 Å². The van der Waals surface area contributed by atoms with Gasteiger partial charge in [-0.3, -0.25) is 14.9 Å². The Labute approximate surface area is 175 Å². The number of benzene rings is 2. The summed E-state index contributed by atoms with van der Waals surface area (Å²) in [7, 11) is 0. The highest BCUT2D eigenvalue weighted by Gasteiger charge is 2.16. The van der Waals surface area contributed by atoms with Crippen molar-refractivity contribution in [2.24, 2.45) is 5.10 Å². The molecule has 29 heavy (non-hydrogen) atoms. The number of nitro benzene ring substituents is 1. The number of hydrogen-bond acceptors (Lipinski definition) is 8. The number of hydrazone groups is 1. The molecule has 0 aliphatic heterocycles. The lowest BCUT2D eigenvalue weighted by atomic mass is 10.1. The van der Waals surface area contributed by atoms with E-state index in [1.165, 1.54) is 17.4 Å². The highest BCUT2D eigenvalue weighted by atomic mass is 35.5. The van der Waals surface area contributed by atoms with Crippen molar-refractivity contribution < 1.29 is 14.5 Å². The predicted octanol–water partition coefficient (Wildman–Crippen LogP) is 4.82. The van der Waals surface area contributed by atoms with Crippen LogP contribution in [0.2, 0.25) is 5.02 Å². The molecular weight excluding hydrogens is 416 g/mol. The monoisotopic (exact) mass is 430 g/mol. The molecule has 0 saturated heterocycles. The van der Waals surface area contributed by atoms with Gasteiger partial charge in [0.15, 0.2) is 0 Å². The molecule has 0 bridgehead atoms. The van der Waals surface area contributed by atoms with Gasteiger partial charge in [0.2, 0.25) is 11.0 Å². The highest BCUT2D eigenvalue weighted by Crippen LogP contribution is 2.28. The molecule has 3 aromatic rings. The van der Waals surface area contributed by atoms with Gasteiger partial charge in [-0.2, -0.15) is 0 Å². The highest BCUT2D eigenvalue weighted by molar-refractivity contribution is 7.14. The molecule has 0 radical (unpaired) electrons. The minimum atomic E-state index is -0.499. The maximum atomic E-state index is 11.1. The maximum Gasteiger partial charge on any atom is 0.299 e. The van der Waals surface area contributed by atoms with Crippen molar-refractivity contribution in [3.63, 3.8) is 0 Å². The van der Waals surface area contributed by atoms with Crippen molar-refractivity contribution in [1.29, 1.82) is 0 Å². The quantitative estimate of drug-likeness (QED) is 0.189. The van der Waals surface area contributed by atoms with Crippen molar-refractivity contribution in [3.8, 4) is 11.3 Å². The van der Waals surface area contributed by atoms with E-state index in [0.29, 0.717) is 21.4 Å². The van der Waals surface area contributed by atoms with Crippen LogP contribution < -0.4 is 5.43 Å². The van der Waals surface area contributed by atoms with Crippen LogP contribution in [0.5, 0.6) is 0 Å². The van der Waals surface area contributed by atoms with Gasteiger partial charge < -0.3 is 4.74 Å². The van der Waals surface area contributed by atoms with Crippen LogP contribution >= 0.6 is 22.9 Å². The number of anilines is 1. The topological polar surface area (TPSA) is 107 Å². The third kappa shape index (κ3) is 5.15. The van der Waals surface area contributed by atoms with Gasteiger partial charge in [-0.05, 0) is 18.6 Å². The zero-order valence-electron chi connectivity index (χ0n) is 15.2. The number of carbonyl (C=O) groups is 1. The minimum absolute atomic E-state index is 0.0237. The number of aryl methyl sites for hydroxylation is 1. The number of hydrogen-bond donors (Lipinski definition) is 1. The number of nitrogens with one attached hydrogen (secondary N) is 1. The van der Waals surface area contributed by atoms with Gasteiger partial charge in [0.25, 0.3) is 12.2 Å². The fourth-order valence-corrected chi connectivity index (χ4v) is 3.33. The first-order chi connectivity index (χ1) is 14.0. The van der Waals surface area contributed by atoms with Crippen LogP contribution in [-0.4, -0.2) is 22.3 Å². The SMILES string of the molecule is Cc1ccc(-c2csc(N/N=C(\Cc3ccccc3[N+](=O)[O-])OC=O)n2)cc1Cl. The first kappa shape index (κ1) is 20.4. The van der Waals surface area contributed by atoms with E-state index in [9.17, 15) is 14.9 Å². The number of aromatic nitrogens is 1. The van der Waals surface area contributed by atoms with Crippen LogP contribution in [0.4, 0.5) is 10.8 Å². The van der Waals surface area contributed by atoms with E-state index < -0.39 is 4.92 Å². The number of nitro groups is 1. The molecule has 10 heteroatoms. The van der Waals surface area contributed by atoms with Crippen molar-refractivity contribution in [3.05, 3.63) is 74.1 Å². The number of rotatable bonds is 7. The van der Waals surface area contributed by atoms with Gasteiger partial charge in [0.05, 0.1) is 17.0 Å². The van der Waals surface area contributed by atoms with E-state index in [0.717, 1.165) is 11.1 Å². The molecule has 0 aliphatic carbocycles. The second-order valence-electron chi connectivity index (χ2n) is 5.90. The van der Waals surface area contributed by atoms with Gasteiger partial charge in [-0.15, -0.1) is 16.4 Å². The van der Waals surface area contributed by atoms with E-state index in [1.54, 1.807) is 18.2 Å². The molecule has 148 valence electrons. The standard InChI is InChI=1S/C19H15ClN4O4S/c1-12-6-7-13(8-15(12)20)16-10-29-19(21-16)23-22-18(28-11-25)9-14-4-2-3-5-17(14)24(26)27/h2-8,10-11H,9H2,1H3,(H,21,23)/b22-18+. The van der Waals surface area contributed by atoms with Gasteiger partial charge >= 0.3 is 0 Å². The third-order valence-corrected chi connectivity index (χ3v) is 5.12. The number of thiazole rings is 1. The Bertz CT molecular complexity index is 1080. The van der Waals surface area contributed by atoms with Crippen LogP contribution in [0, 0.1) is 17.0 Å². The molecule has 0 amide bonds. The Kier molecular flexibility index (Phi) is 6.53. The largest absolute Gasteiger partial charge is 0.412 e. The summed E-state index contributed by atoms with van der Waals surface area (Å²) in [6, 6.07) is 11.8. The minimum Gasteiger partial charge on any atom is -0.412 e. The van der Waals surface area contributed by atoms with Crippen LogP contribution in [0.3, 0.4) is 0 Å². The first-order valence-corrected chi connectivity index (χ1v) is 9.61. The van der Waals surface area contributed by atoms with E-state index >= 15 is 0 Å². The van der Waals surface area contributed by atoms with E-state index in [1.807, 2.05) is 30.5 Å². The van der Waals surface area contributed by atoms with Crippen LogP contribution in [0.25, 0.3) is 11.3 Å². The molecule has 1 heterocycles. The van der Waals surface area contributed by atoms with Crippen molar-refractivity contribution in [1.82, 2.24) is 4.98 Å². The van der Waals surface area contributed by atoms with Gasteiger partial charge in [0.1, 0.15) is 0 Å². The Morgan fingerprint density at radius 1 is 1.38 bits per heavy atom. The summed E-state index contributed by atoms with van der Waals surface area (Å²) in [4.78, 5) is 25.9. The molecule has 0 atom stereocenters. The van der Waals surface area contributed by atoms with Crippen molar-refractivity contribution in [2.75, 3.05) is 5.43 Å². The zero-order valence-corrected chi connectivity index (χ0v) is 16.7. The number of ether oxygens (including phenoxy) is 1. The summed E-state index contributed by atoms with van der Waals surface area (Å²) < 4.78 is 4.87. The molecule has 1 N–H and O–H groups in total. The molecule has 8 nitrogen and oxygen atoms in total. The summed E-state index contributed by atoms with van der Waals surface area (Å²) in [6.07, 6.45) is -0.0330. The van der Waals surface area contributed by atoms with Crippen LogP contribution in [0.1, 0.15) is 11.1 Å². The summed E-state index contributed by atoms with van der Waals surface area (Å²) in [6.45, 7) is 2.14. The molecule has 1 aromatic heterocycles. The fraction of sp³-hybridized carbons (Fsp3) is 0.105. The maximum absolute atomic E-state index is 11.1. The second-order valence-corrected chi connectivity index (χ2v) is 7.16. The summed E-state index contributed by atoms with van der Waals surface area (Å²) in [5.41, 5.74) is 5.56. The average Bonchev–Trinajstić information content (AvgIpc) is 3.18. The van der Waals surface area contributed by atoms with Crippen LogP contribution in [-0.2, 0) is 16.0 Å². The first-order valence-electron chi connectivity index (χ1n) is 8.35. The molecule has 3 rings (SSSR count). The lowest BCUT2D eigenvalue weighted by Crippen LogP contribution is -2.11. The Morgan fingerprint density at radius 2 is 2.17 bits per heavy atom. The normalized spacial score (nSPS) is 11.2. The summed E-state index contributed by atoms with van der Waals surface area (Å²) in [5.74, 6) is -0.0237. The van der Waals surface area contributed by atoms with Gasteiger partial charge in [-0.25, -0.2) is 10.4 Å². The van der Waals surface area contributed by atoms with Crippen molar-refractivity contribution in [2.45, 2.75) is 13.3 Å². The molecule has 2 aromatic carbocycles. The van der Waals surface area contributed by atoms with Gasteiger partial charge in [-0.1, -0.05) is 41.9 Å². The molecule has 0 spiro atoms. The van der Waals surface area contributed by atoms with Crippen molar-refractivity contribution >= 4 is 46.1 Å². The Balaban J connectivity index is 1.77. The summed E-state index contributed by atoms with van der Waals surface area (Å²) >= 11 is 7.46. The van der Waals surface area contributed by atoms with Gasteiger partial charge in [0, 0.05) is 27.6 Å². The van der Waals surface area contributed by atoms with Crippen LogP contribution in [0.15, 0.2) is 52.9 Å². The number of halogens is 1. The lowest BCUT2D eigenvalue weighted by molar-refractivity contribution is -0.385. The lowest BCUT2D eigenvalue weighted by Gasteiger charge is -2.05. The Hall–Kier alpha value is -3.30. The number of para-hydroxylation sites is 1. The number of carbonyl (C=O) groups excluding carboxylic acids is 1. The molecule has 0 aliphatic rings. The third-order valence-electron chi connectivity index (χ3n) is 3.96. The number of nitrogens with zero attached hydrogens (tertiary/aromatic N) is 3. The smallest absolute Gasteiger partial charge is 0.299 e. The summed E-state index contributed by atoms with van der Waals surface area (Å²) in [5, 5.41) is 18.1. The Morgan fingerprint density at radius 3 is 2.90 bits per heavy atom. The van der Waals surface area contributed by atoms with E-state index in [2.05, 4.69) is 15.5 Å². The molecule has 0 fully saturated rings. The molecular formula is C19H15ClN4O4S. The molecule has 0 saturated carbocycles. The van der Waals surface area contributed by atoms with E-state index in [-0.39, 0.29) is 24.5 Å². The zero-order chi connectivity index (χ0) is 20.8. The molecule has 0 unspecified atom stereocenters. The predicted molar refractivity (Wildman–Crippen MR) is 112 cm³/mol. The fourth-order valence-electron chi connectivity index (χ4n) is 2.48.